The molecule has 0 spiro atoms. The van der Waals surface area contributed by atoms with Gasteiger partial charge in [-0.2, -0.15) is 5.10 Å². The largest absolute Gasteiger partial charge is 0.378 e. The number of nitrogens with one attached hydrogen (secondary N) is 1. The van der Waals surface area contributed by atoms with Crippen LogP contribution in [0, 0.1) is 6.92 Å². The number of anilines is 1. The number of fused-ring (bicyclic) bond motifs is 1. The molecule has 0 radical (unpaired) electrons. The molecule has 8 heteroatoms. The minimum absolute atomic E-state index is 0.223. The summed E-state index contributed by atoms with van der Waals surface area (Å²) in [4.78, 5) is 12.9. The van der Waals surface area contributed by atoms with Crippen LogP contribution in [0.1, 0.15) is 34.4 Å². The fourth-order valence-electron chi connectivity index (χ4n) is 3.42. The van der Waals surface area contributed by atoms with E-state index in [-0.39, 0.29) is 11.6 Å². The number of aryl methyl sites for hydroxylation is 2. The van der Waals surface area contributed by atoms with Crippen molar-refractivity contribution >= 4 is 33.2 Å². The molecule has 0 fully saturated rings. The number of ether oxygens (including phenoxy) is 1. The normalized spacial score (nSPS) is 11.1. The quantitative estimate of drug-likeness (QED) is 0.428. The van der Waals surface area contributed by atoms with Gasteiger partial charge in [-0.3, -0.25) is 4.79 Å². The summed E-state index contributed by atoms with van der Waals surface area (Å²) in [6.07, 6.45) is 0.944. The van der Waals surface area contributed by atoms with Crippen molar-refractivity contribution < 1.29 is 9.53 Å². The molecule has 1 amide bonds. The summed E-state index contributed by atoms with van der Waals surface area (Å²) < 4.78 is 7.99. The summed E-state index contributed by atoms with van der Waals surface area (Å²) in [6.45, 7) is 4.22. The van der Waals surface area contributed by atoms with Crippen molar-refractivity contribution in [3.05, 3.63) is 75.6 Å². The van der Waals surface area contributed by atoms with E-state index < -0.39 is 0 Å². The molecule has 0 aliphatic carbocycles. The van der Waals surface area contributed by atoms with E-state index in [1.807, 2.05) is 55.5 Å². The molecule has 0 aliphatic rings. The van der Waals surface area contributed by atoms with Crippen LogP contribution in [0.2, 0.25) is 0 Å². The maximum atomic E-state index is 12.9. The summed E-state index contributed by atoms with van der Waals surface area (Å²) in [7, 11) is 1.62. The number of halogens is 1. The van der Waals surface area contributed by atoms with Gasteiger partial charge in [0, 0.05) is 17.3 Å². The van der Waals surface area contributed by atoms with E-state index in [2.05, 4.69) is 43.5 Å². The highest BCUT2D eigenvalue weighted by molar-refractivity contribution is 9.10. The molecule has 31 heavy (non-hydrogen) atoms. The molecule has 2 aromatic carbocycles. The Morgan fingerprint density at radius 3 is 2.45 bits per heavy atom. The molecule has 158 valence electrons. The molecule has 0 aliphatic heterocycles. The maximum Gasteiger partial charge on any atom is 0.278 e. The van der Waals surface area contributed by atoms with Crippen LogP contribution in [0.15, 0.2) is 53.0 Å². The van der Waals surface area contributed by atoms with Crippen LogP contribution in [0.4, 0.5) is 5.69 Å². The van der Waals surface area contributed by atoms with Gasteiger partial charge in [-0.05, 0) is 48.7 Å². The first-order valence-electron chi connectivity index (χ1n) is 9.92. The van der Waals surface area contributed by atoms with E-state index in [0.717, 1.165) is 27.7 Å². The molecule has 4 rings (SSSR count). The minimum Gasteiger partial charge on any atom is -0.378 e. The smallest absolute Gasteiger partial charge is 0.278 e. The number of hydrogen-bond acceptors (Lipinski definition) is 5. The number of amides is 1. The van der Waals surface area contributed by atoms with Crippen LogP contribution in [0.5, 0.6) is 0 Å². The van der Waals surface area contributed by atoms with Crippen LogP contribution in [-0.4, -0.2) is 32.8 Å². The molecular formula is C23H22BrN5O2. The van der Waals surface area contributed by atoms with Gasteiger partial charge in [0.15, 0.2) is 11.3 Å². The van der Waals surface area contributed by atoms with Crippen LogP contribution < -0.4 is 5.32 Å². The zero-order valence-electron chi connectivity index (χ0n) is 17.5. The van der Waals surface area contributed by atoms with Crippen molar-refractivity contribution in [2.75, 3.05) is 12.4 Å². The van der Waals surface area contributed by atoms with Gasteiger partial charge in [-0.25, -0.2) is 4.52 Å². The number of benzene rings is 2. The van der Waals surface area contributed by atoms with Crippen molar-refractivity contribution in [2.24, 2.45) is 0 Å². The molecule has 0 atom stereocenters. The van der Waals surface area contributed by atoms with Gasteiger partial charge < -0.3 is 10.1 Å². The lowest BCUT2D eigenvalue weighted by atomic mass is 10.1. The number of nitrogens with zero attached hydrogens (tertiary/aromatic N) is 4. The van der Waals surface area contributed by atoms with Gasteiger partial charge in [0.25, 0.3) is 5.91 Å². The minimum atomic E-state index is -0.329. The Morgan fingerprint density at radius 1 is 1.10 bits per heavy atom. The molecule has 7 nitrogen and oxygen atoms in total. The van der Waals surface area contributed by atoms with E-state index in [0.29, 0.717) is 23.6 Å². The molecule has 0 bridgehead atoms. The monoisotopic (exact) mass is 479 g/mol. The second-order valence-corrected chi connectivity index (χ2v) is 8.05. The Labute approximate surface area is 188 Å². The Bertz CT molecular complexity index is 1230. The lowest BCUT2D eigenvalue weighted by Gasteiger charge is -2.08. The zero-order chi connectivity index (χ0) is 22.0. The third-order valence-corrected chi connectivity index (χ3v) is 5.62. The highest BCUT2D eigenvalue weighted by Gasteiger charge is 2.22. The molecule has 2 heterocycles. The predicted molar refractivity (Wildman–Crippen MR) is 123 cm³/mol. The average molecular weight is 480 g/mol. The van der Waals surface area contributed by atoms with Gasteiger partial charge in [0.1, 0.15) is 0 Å². The van der Waals surface area contributed by atoms with Gasteiger partial charge in [0.2, 0.25) is 0 Å². The molecule has 0 unspecified atom stereocenters. The van der Waals surface area contributed by atoms with Crippen LogP contribution in [0.3, 0.4) is 0 Å². The van der Waals surface area contributed by atoms with Crippen LogP contribution in [-0.2, 0) is 17.8 Å². The Hall–Kier alpha value is -3.10. The number of rotatable bonds is 6. The number of aromatic nitrogens is 4. The van der Waals surface area contributed by atoms with Crippen molar-refractivity contribution in [3.63, 3.8) is 0 Å². The van der Waals surface area contributed by atoms with Gasteiger partial charge in [-0.1, -0.05) is 47.1 Å². The molecule has 0 saturated heterocycles. The highest BCUT2D eigenvalue weighted by Crippen LogP contribution is 2.30. The summed E-state index contributed by atoms with van der Waals surface area (Å²) in [6, 6.07) is 15.6. The summed E-state index contributed by atoms with van der Waals surface area (Å²) in [5, 5.41) is 16.2. The third kappa shape index (κ3) is 4.22. The van der Waals surface area contributed by atoms with Gasteiger partial charge in [0.05, 0.1) is 23.6 Å². The van der Waals surface area contributed by atoms with Crippen molar-refractivity contribution in [1.82, 2.24) is 19.8 Å². The highest BCUT2D eigenvalue weighted by atomic mass is 79.9. The van der Waals surface area contributed by atoms with E-state index >= 15 is 0 Å². The summed E-state index contributed by atoms with van der Waals surface area (Å²) >= 11 is 3.46. The topological polar surface area (TPSA) is 81.4 Å². The fraction of sp³-hybridized carbons (Fsp3) is 0.217. The number of carbonyl (C=O) groups is 1. The number of methoxy groups -OCH3 is 1. The molecular weight excluding hydrogens is 458 g/mol. The molecule has 0 saturated carbocycles. The molecule has 2 aromatic heterocycles. The SMILES string of the molecule is CCc1ccc(NC(=O)c2nnc3c(-c4ccc(Br)cc4)c(COC)nn3c2C)cc1. The Balaban J connectivity index is 1.74. The lowest BCUT2D eigenvalue weighted by Crippen LogP contribution is -2.18. The zero-order valence-corrected chi connectivity index (χ0v) is 19.1. The van der Waals surface area contributed by atoms with Crippen molar-refractivity contribution in [3.8, 4) is 11.1 Å². The van der Waals surface area contributed by atoms with Gasteiger partial charge >= 0.3 is 0 Å². The molecule has 1 N–H and O–H groups in total. The third-order valence-electron chi connectivity index (χ3n) is 5.09. The van der Waals surface area contributed by atoms with Crippen LogP contribution >= 0.6 is 15.9 Å². The first-order chi connectivity index (χ1) is 15.0. The maximum absolute atomic E-state index is 12.9. The van der Waals surface area contributed by atoms with Crippen LogP contribution in [0.25, 0.3) is 16.8 Å². The molecule has 4 aromatic rings. The second-order valence-electron chi connectivity index (χ2n) is 7.14. The van der Waals surface area contributed by atoms with Crippen molar-refractivity contribution in [2.45, 2.75) is 26.9 Å². The first-order valence-corrected chi connectivity index (χ1v) is 10.7. The second kappa shape index (κ2) is 8.95. The Kier molecular flexibility index (Phi) is 6.11. The average Bonchev–Trinajstić information content (AvgIpc) is 3.14. The summed E-state index contributed by atoms with van der Waals surface area (Å²) in [5.41, 5.74) is 5.84. The van der Waals surface area contributed by atoms with E-state index in [4.69, 9.17) is 4.74 Å². The van der Waals surface area contributed by atoms with E-state index in [1.165, 1.54) is 5.56 Å². The summed E-state index contributed by atoms with van der Waals surface area (Å²) in [5.74, 6) is -0.329. The van der Waals surface area contributed by atoms with E-state index in [9.17, 15) is 4.79 Å². The first kappa shape index (κ1) is 21.1. The van der Waals surface area contributed by atoms with E-state index in [1.54, 1.807) is 11.6 Å². The fourth-order valence-corrected chi connectivity index (χ4v) is 3.69. The Morgan fingerprint density at radius 2 is 1.81 bits per heavy atom. The standard InChI is InChI=1S/C23H22BrN5O2/c1-4-15-5-11-18(12-6-15)25-23(30)21-14(2)29-22(27-26-21)20(19(28-29)13-31-3)16-7-9-17(24)10-8-16/h5-12H,4,13H2,1-3H3,(H,25,30). The lowest BCUT2D eigenvalue weighted by molar-refractivity contribution is 0.102. The number of hydrogen-bond donors (Lipinski definition) is 1. The number of carbonyl (C=O) groups excluding carboxylic acids is 1. The van der Waals surface area contributed by atoms with Crippen molar-refractivity contribution in [1.29, 1.82) is 0 Å². The van der Waals surface area contributed by atoms with Gasteiger partial charge in [-0.15, -0.1) is 10.2 Å². The predicted octanol–water partition coefficient (Wildman–Crippen LogP) is 4.82.